The van der Waals surface area contributed by atoms with Crippen LogP contribution in [0.2, 0.25) is 5.02 Å². The summed E-state index contributed by atoms with van der Waals surface area (Å²) in [5.41, 5.74) is 6.95. The predicted octanol–water partition coefficient (Wildman–Crippen LogP) is 4.29. The molecule has 9 nitrogen and oxygen atoms in total. The van der Waals surface area contributed by atoms with Crippen molar-refractivity contribution in [3.63, 3.8) is 0 Å². The molecule has 1 aromatic carbocycles. The van der Waals surface area contributed by atoms with Gasteiger partial charge in [0.05, 0.1) is 30.6 Å². The highest BCUT2D eigenvalue weighted by atomic mass is 35.5. The Morgan fingerprint density at radius 2 is 2.11 bits per heavy atom. The van der Waals surface area contributed by atoms with Crippen LogP contribution in [0.25, 0.3) is 0 Å². The molecule has 0 bridgehead atoms. The zero-order valence-corrected chi connectivity index (χ0v) is 21.9. The number of hydrogen-bond acceptors (Lipinski definition) is 8. The second kappa shape index (κ2) is 12.2. The Hall–Kier alpha value is -3.50. The van der Waals surface area contributed by atoms with E-state index >= 15 is 0 Å². The number of amides is 1. The van der Waals surface area contributed by atoms with Crippen LogP contribution in [-0.2, 0) is 9.53 Å². The monoisotopic (exact) mass is 528 g/mol. The van der Waals surface area contributed by atoms with Crippen molar-refractivity contribution in [1.82, 2.24) is 15.3 Å². The number of nitrogens with zero attached hydrogens (tertiary/aromatic N) is 4. The molecule has 11 heteroatoms. The van der Waals surface area contributed by atoms with Crippen molar-refractivity contribution in [1.29, 1.82) is 0 Å². The van der Waals surface area contributed by atoms with Crippen LogP contribution in [0.15, 0.2) is 40.8 Å². The lowest BCUT2D eigenvalue weighted by molar-refractivity contribution is -0.122. The van der Waals surface area contributed by atoms with Crippen LogP contribution in [0.1, 0.15) is 36.5 Å². The fourth-order valence-corrected chi connectivity index (χ4v) is 4.36. The number of benzene rings is 1. The first-order valence-corrected chi connectivity index (χ1v) is 12.4. The molecule has 0 saturated carbocycles. The van der Waals surface area contributed by atoms with Crippen LogP contribution in [-0.4, -0.2) is 55.0 Å². The maximum absolute atomic E-state index is 14.2. The number of aryl methyl sites for hydroxylation is 1. The Balaban J connectivity index is 1.40. The second-order valence-electron chi connectivity index (χ2n) is 8.82. The Morgan fingerprint density at radius 1 is 1.32 bits per heavy atom. The first-order chi connectivity index (χ1) is 17.8. The number of ether oxygens (including phenoxy) is 2. The maximum atomic E-state index is 14.2. The van der Waals surface area contributed by atoms with Gasteiger partial charge < -0.3 is 19.7 Å². The van der Waals surface area contributed by atoms with Crippen molar-refractivity contribution in [2.24, 2.45) is 5.10 Å². The number of rotatable bonds is 8. The van der Waals surface area contributed by atoms with Crippen LogP contribution in [0.5, 0.6) is 5.75 Å². The summed E-state index contributed by atoms with van der Waals surface area (Å²) in [6, 6.07) is 1.86. The third-order valence-corrected chi connectivity index (χ3v) is 6.59. The molecule has 0 atom stereocenters. The van der Waals surface area contributed by atoms with E-state index in [4.69, 9.17) is 21.1 Å². The van der Waals surface area contributed by atoms with Gasteiger partial charge in [0.15, 0.2) is 18.2 Å². The number of hydrazone groups is 1. The molecule has 1 fully saturated rings. The first kappa shape index (κ1) is 26.6. The third kappa shape index (κ3) is 6.64. The lowest BCUT2D eigenvalue weighted by Gasteiger charge is -2.27. The summed E-state index contributed by atoms with van der Waals surface area (Å²) in [5, 5.41) is 7.53. The second-order valence-corrected chi connectivity index (χ2v) is 9.20. The molecule has 0 unspecified atom stereocenters. The van der Waals surface area contributed by atoms with E-state index in [0.29, 0.717) is 37.1 Å². The van der Waals surface area contributed by atoms with E-state index in [0.717, 1.165) is 47.0 Å². The summed E-state index contributed by atoms with van der Waals surface area (Å²) in [6.45, 7) is 7.65. The molecule has 2 heterocycles. The molecule has 0 radical (unpaired) electrons. The van der Waals surface area contributed by atoms with Crippen molar-refractivity contribution in [3.8, 4) is 5.75 Å². The lowest BCUT2D eigenvalue weighted by atomic mass is 10.0. The average Bonchev–Trinajstić information content (AvgIpc) is 2.89. The van der Waals surface area contributed by atoms with E-state index < -0.39 is 5.82 Å². The van der Waals surface area contributed by atoms with Crippen molar-refractivity contribution < 1.29 is 18.7 Å². The van der Waals surface area contributed by atoms with Gasteiger partial charge in [0.25, 0.3) is 5.91 Å². The molecule has 1 saturated heterocycles. The molecule has 2 aliphatic rings. The normalized spacial score (nSPS) is 15.9. The SMILES string of the molecule is CC1=C(NC(=O)COc2c(C)cc(/C=N\Nc3ncc(F)c(N4CCOCC4)n3)c(C)c2Cl)CCC=C1. The molecule has 1 aliphatic heterocycles. The minimum atomic E-state index is -0.499. The van der Waals surface area contributed by atoms with Crippen LogP contribution in [0, 0.1) is 19.7 Å². The van der Waals surface area contributed by atoms with Gasteiger partial charge in [-0.15, -0.1) is 0 Å². The van der Waals surface area contributed by atoms with Crippen molar-refractivity contribution in [2.45, 2.75) is 33.6 Å². The lowest BCUT2D eigenvalue weighted by Crippen LogP contribution is -2.37. The topological polar surface area (TPSA) is 101 Å². The Bertz CT molecular complexity index is 1260. The van der Waals surface area contributed by atoms with Gasteiger partial charge >= 0.3 is 0 Å². The van der Waals surface area contributed by atoms with Gasteiger partial charge in [0.1, 0.15) is 5.75 Å². The number of aromatic nitrogens is 2. The van der Waals surface area contributed by atoms with E-state index in [1.165, 1.54) is 0 Å². The molecule has 2 aromatic rings. The largest absolute Gasteiger partial charge is 0.482 e. The fourth-order valence-electron chi connectivity index (χ4n) is 4.05. The van der Waals surface area contributed by atoms with E-state index in [1.807, 2.05) is 37.8 Å². The molecule has 2 N–H and O–H groups in total. The number of anilines is 2. The van der Waals surface area contributed by atoms with Gasteiger partial charge in [-0.1, -0.05) is 23.8 Å². The number of nitrogens with one attached hydrogen (secondary N) is 2. The third-order valence-electron chi connectivity index (χ3n) is 6.14. The number of allylic oxidation sites excluding steroid dienone is 4. The van der Waals surface area contributed by atoms with E-state index in [-0.39, 0.29) is 24.3 Å². The minimum Gasteiger partial charge on any atom is -0.482 e. The Labute approximate surface area is 220 Å². The van der Waals surface area contributed by atoms with Crippen molar-refractivity contribution in [3.05, 3.63) is 63.2 Å². The molecular weight excluding hydrogens is 499 g/mol. The molecule has 1 aliphatic carbocycles. The van der Waals surface area contributed by atoms with Crippen molar-refractivity contribution >= 4 is 35.5 Å². The van der Waals surface area contributed by atoms with Crippen LogP contribution in [0.4, 0.5) is 16.2 Å². The number of hydrogen-bond donors (Lipinski definition) is 2. The molecule has 1 aromatic heterocycles. The standard InChI is InChI=1S/C26H30ClFN6O3/c1-16-6-4-5-7-21(16)31-22(35)15-37-24-17(2)12-19(18(3)23(24)27)13-30-33-26-29-14-20(28)25(32-26)34-8-10-36-11-9-34/h4,6,12-14H,5,7-11,15H2,1-3H3,(H,31,35)(H,29,32,33)/b30-13-. The molecule has 1 amide bonds. The summed E-state index contributed by atoms with van der Waals surface area (Å²) in [4.78, 5) is 22.4. The smallest absolute Gasteiger partial charge is 0.262 e. The molecule has 37 heavy (non-hydrogen) atoms. The van der Waals surface area contributed by atoms with Gasteiger partial charge in [-0.3, -0.25) is 4.79 Å². The van der Waals surface area contributed by atoms with Crippen molar-refractivity contribution in [2.75, 3.05) is 43.2 Å². The number of carbonyl (C=O) groups is 1. The van der Waals surface area contributed by atoms with Crippen LogP contribution in [0.3, 0.4) is 0 Å². The summed E-state index contributed by atoms with van der Waals surface area (Å²) >= 11 is 6.58. The molecular formula is C26H30ClFN6O3. The van der Waals surface area contributed by atoms with E-state index in [1.54, 1.807) is 6.21 Å². The first-order valence-electron chi connectivity index (χ1n) is 12.1. The van der Waals surface area contributed by atoms with E-state index in [2.05, 4.69) is 31.9 Å². The van der Waals surface area contributed by atoms with E-state index in [9.17, 15) is 9.18 Å². The quantitative estimate of drug-likeness (QED) is 0.389. The molecule has 196 valence electrons. The van der Waals surface area contributed by atoms with Gasteiger partial charge in [-0.25, -0.2) is 14.8 Å². The highest BCUT2D eigenvalue weighted by molar-refractivity contribution is 6.33. The van der Waals surface area contributed by atoms with Gasteiger partial charge in [0, 0.05) is 18.8 Å². The summed E-state index contributed by atoms with van der Waals surface area (Å²) < 4.78 is 25.3. The highest BCUT2D eigenvalue weighted by Gasteiger charge is 2.18. The summed E-state index contributed by atoms with van der Waals surface area (Å²) in [5.74, 6) is 0.0998. The highest BCUT2D eigenvalue weighted by Crippen LogP contribution is 2.33. The van der Waals surface area contributed by atoms with Gasteiger partial charge in [-0.05, 0) is 61.9 Å². The fraction of sp³-hybridized carbons (Fsp3) is 0.385. The Morgan fingerprint density at radius 3 is 2.86 bits per heavy atom. The molecule has 4 rings (SSSR count). The summed E-state index contributed by atoms with van der Waals surface area (Å²) in [7, 11) is 0. The number of halogens is 2. The van der Waals surface area contributed by atoms with Gasteiger partial charge in [-0.2, -0.15) is 10.1 Å². The number of morpholine rings is 1. The summed E-state index contributed by atoms with van der Waals surface area (Å²) in [6.07, 6.45) is 8.49. The zero-order chi connectivity index (χ0) is 26.4. The Kier molecular flexibility index (Phi) is 8.73. The van der Waals surface area contributed by atoms with Gasteiger partial charge in [0.2, 0.25) is 5.95 Å². The number of carbonyl (C=O) groups excluding carboxylic acids is 1. The average molecular weight is 529 g/mol. The molecule has 0 spiro atoms. The van der Waals surface area contributed by atoms with Crippen LogP contribution >= 0.6 is 11.6 Å². The predicted molar refractivity (Wildman–Crippen MR) is 142 cm³/mol. The maximum Gasteiger partial charge on any atom is 0.262 e. The zero-order valence-electron chi connectivity index (χ0n) is 21.1. The minimum absolute atomic E-state index is 0.150. The van der Waals surface area contributed by atoms with Crippen LogP contribution < -0.4 is 20.4 Å².